The second-order valence-corrected chi connectivity index (χ2v) is 30.5. The molecule has 29 heteroatoms. The first-order chi connectivity index (χ1) is 50.6. The highest BCUT2D eigenvalue weighted by Gasteiger charge is 2.49. The average molecular weight is 1500 g/mol. The average Bonchev–Trinajstić information content (AvgIpc) is 1.82. The zero-order valence-corrected chi connectivity index (χ0v) is 64.3. The lowest BCUT2D eigenvalue weighted by Gasteiger charge is -2.41. The van der Waals surface area contributed by atoms with Crippen LogP contribution in [0.2, 0.25) is 0 Å². The number of carboxylic acid groups (broad SMARTS) is 1. The smallest absolute Gasteiger partial charge is 0.410 e. The van der Waals surface area contributed by atoms with Gasteiger partial charge in [0.05, 0.1) is 54.3 Å². The van der Waals surface area contributed by atoms with Crippen LogP contribution in [0.5, 0.6) is 5.75 Å². The third kappa shape index (κ3) is 23.2. The summed E-state index contributed by atoms with van der Waals surface area (Å²) in [4.78, 5) is 148. The SMILES string of the molecule is CC[C@H](C)[C@@H]([C@@H](CC(=O)N1CCC[C@H]1[C@H](OC)[C@@H](C)C(=O)N[C@@H](Cc1ccccc1)c1nccs1)OC)N(C)C(=O)[C@@H](NC(=O)[C@H](C(C)C)N(C)C(=O)OCc1ccc(O[C@@H]2OC(C(=O)O)[C@@H](O)C(O)C2O)c(NC(=O)CCNC(=O)CCCCCN2C(=O)CC(C3CCCCCCCC3)C2=O)c1)C(C)C. The maximum atomic E-state index is 15.0. The van der Waals surface area contributed by atoms with Crippen molar-refractivity contribution >= 4 is 76.3 Å². The molecule has 4 aliphatic rings. The maximum Gasteiger partial charge on any atom is 0.410 e. The Morgan fingerprint density at radius 3 is 2.09 bits per heavy atom. The van der Waals surface area contributed by atoms with Crippen LogP contribution in [0, 0.1) is 35.5 Å². The molecule has 2 aromatic carbocycles. The van der Waals surface area contributed by atoms with Crippen molar-refractivity contribution in [1.29, 1.82) is 0 Å². The number of hydrogen-bond donors (Lipinski definition) is 8. The van der Waals surface area contributed by atoms with E-state index in [1.54, 1.807) is 59.9 Å². The van der Waals surface area contributed by atoms with Gasteiger partial charge in [-0.1, -0.05) is 136 Å². The molecule has 0 spiro atoms. The highest BCUT2D eigenvalue weighted by molar-refractivity contribution is 7.09. The number of aliphatic hydroxyl groups is 3. The molecule has 3 aliphatic heterocycles. The number of unbranched alkanes of at least 4 members (excludes halogenated alkanes) is 2. The van der Waals surface area contributed by atoms with Gasteiger partial charge in [-0.05, 0) is 91.9 Å². The lowest BCUT2D eigenvalue weighted by atomic mass is 9.83. The third-order valence-electron chi connectivity index (χ3n) is 21.4. The monoisotopic (exact) mass is 1500 g/mol. The molecular weight excluding hydrogens is 1390 g/mol. The zero-order chi connectivity index (χ0) is 77.5. The van der Waals surface area contributed by atoms with Gasteiger partial charge in [0.25, 0.3) is 0 Å². The van der Waals surface area contributed by atoms with Crippen LogP contribution in [-0.2, 0) is 75.1 Å². The predicted molar refractivity (Wildman–Crippen MR) is 394 cm³/mol. The van der Waals surface area contributed by atoms with E-state index in [1.165, 1.54) is 66.3 Å². The summed E-state index contributed by atoms with van der Waals surface area (Å²) < 4.78 is 29.2. The summed E-state index contributed by atoms with van der Waals surface area (Å²) in [5, 5.41) is 55.6. The number of rotatable bonds is 37. The van der Waals surface area contributed by atoms with E-state index in [-0.39, 0.29) is 103 Å². The molecule has 1 aliphatic carbocycles. The van der Waals surface area contributed by atoms with Gasteiger partial charge in [-0.15, -0.1) is 11.3 Å². The standard InChI is InChI=1S/C77H115N9O19S/c1-12-47(6)64(57(101-10)43-61(90)85-38-25-30-55(85)68(102-11)48(7)70(94)81-54(72-79-36-39-106-72)40-49-26-19-17-20-27-49)83(8)74(97)62(45(2)3)82-71(95)63(46(4)5)84(9)77(100)103-44-50-32-33-56(104-76-67(93)65(91)66(92)69(105-76)75(98)99)53(41-50)80-59(88)34-35-78-58(87)31-23-18-24-37-86-60(89)42-52(73(86)96)51-28-21-15-13-14-16-22-29-51/h17,19-20,26-27,32-33,36,39,41,45-48,51-52,54-55,57,62-69,76,91-93H,12-16,18,21-25,28-31,34-35,37-38,40,42-44H2,1-11H3,(H,78,87)(H,80,88)(H,81,94)(H,82,95)(H,98,99)/t47-,48+,52?,54-,55-,57+,62-,63-,64-,65?,66-,67?,68+,69?,76+/m0/s1. The molecule has 588 valence electrons. The molecule has 8 N–H and O–H groups in total. The number of nitrogens with zero attached hydrogens (tertiary/aromatic N) is 5. The fourth-order valence-corrected chi connectivity index (χ4v) is 15.9. The molecule has 15 atom stereocenters. The van der Waals surface area contributed by atoms with Crippen LogP contribution >= 0.6 is 11.3 Å². The Morgan fingerprint density at radius 1 is 0.764 bits per heavy atom. The second-order valence-electron chi connectivity index (χ2n) is 29.6. The normalized spacial score (nSPS) is 22.5. The number of benzene rings is 2. The first-order valence-corrected chi connectivity index (χ1v) is 38.7. The number of hydrogen-bond acceptors (Lipinski definition) is 20. The van der Waals surface area contributed by atoms with Crippen LogP contribution < -0.4 is 26.0 Å². The number of methoxy groups -OCH3 is 2. The molecular formula is C77H115N9O19S. The maximum absolute atomic E-state index is 15.0. The number of carbonyl (C=O) groups is 10. The van der Waals surface area contributed by atoms with Gasteiger partial charge in [-0.25, -0.2) is 14.6 Å². The molecule has 3 aromatic rings. The summed E-state index contributed by atoms with van der Waals surface area (Å²) in [5.41, 5.74) is 1.19. The van der Waals surface area contributed by atoms with Crippen LogP contribution in [0.25, 0.3) is 0 Å². The summed E-state index contributed by atoms with van der Waals surface area (Å²) in [6, 6.07) is 10.1. The molecule has 4 unspecified atom stereocenters. The largest absolute Gasteiger partial charge is 0.479 e. The third-order valence-corrected chi connectivity index (χ3v) is 22.3. The highest BCUT2D eigenvalue weighted by atomic mass is 32.1. The van der Waals surface area contributed by atoms with Crippen molar-refractivity contribution in [2.45, 2.75) is 250 Å². The molecule has 7 rings (SSSR count). The fraction of sp³-hybridized carbons (Fsp3) is 0.675. The first kappa shape index (κ1) is 85.6. The van der Waals surface area contributed by atoms with E-state index >= 15 is 0 Å². The van der Waals surface area contributed by atoms with Crippen molar-refractivity contribution in [2.75, 3.05) is 53.3 Å². The lowest BCUT2D eigenvalue weighted by molar-refractivity contribution is -0.271. The van der Waals surface area contributed by atoms with Crippen molar-refractivity contribution < 1.29 is 92.1 Å². The molecule has 0 bridgehead atoms. The quantitative estimate of drug-likeness (QED) is 0.0207. The Hall–Kier alpha value is -7.67. The number of thiazole rings is 1. The number of aliphatic hydroxyl groups excluding tert-OH is 3. The van der Waals surface area contributed by atoms with E-state index in [1.807, 2.05) is 49.6 Å². The molecule has 106 heavy (non-hydrogen) atoms. The number of imide groups is 1. The van der Waals surface area contributed by atoms with Crippen LogP contribution in [0.15, 0.2) is 60.1 Å². The number of nitrogens with one attached hydrogen (secondary N) is 4. The van der Waals surface area contributed by atoms with Crippen molar-refractivity contribution in [3.63, 3.8) is 0 Å². The first-order valence-electron chi connectivity index (χ1n) is 37.8. The molecule has 3 saturated heterocycles. The van der Waals surface area contributed by atoms with Gasteiger partial charge in [0.1, 0.15) is 47.8 Å². The van der Waals surface area contributed by atoms with Crippen molar-refractivity contribution in [1.82, 2.24) is 40.5 Å². The Morgan fingerprint density at radius 2 is 1.46 bits per heavy atom. The predicted octanol–water partition coefficient (Wildman–Crippen LogP) is 7.30. The van der Waals surface area contributed by atoms with E-state index in [4.69, 9.17) is 23.7 Å². The van der Waals surface area contributed by atoms with Gasteiger partial charge in [0, 0.05) is 78.8 Å². The number of carbonyl (C=O) groups excluding carboxylic acids is 9. The molecule has 0 radical (unpaired) electrons. The Labute approximate surface area is 627 Å². The molecule has 4 heterocycles. The number of ether oxygens (including phenoxy) is 5. The molecule has 28 nitrogen and oxygen atoms in total. The number of likely N-dealkylation sites (tertiary alicyclic amines) is 2. The van der Waals surface area contributed by atoms with Gasteiger partial charge >= 0.3 is 12.1 Å². The van der Waals surface area contributed by atoms with Gasteiger partial charge in [0.15, 0.2) is 6.10 Å². The van der Waals surface area contributed by atoms with Crippen LogP contribution in [0.1, 0.15) is 186 Å². The molecule has 4 fully saturated rings. The Kier molecular flexibility index (Phi) is 33.6. The topological polar surface area (TPSA) is 372 Å². The fourth-order valence-electron chi connectivity index (χ4n) is 15.2. The van der Waals surface area contributed by atoms with Gasteiger partial charge < -0.3 is 75.2 Å². The van der Waals surface area contributed by atoms with Crippen LogP contribution in [0.4, 0.5) is 10.5 Å². The van der Waals surface area contributed by atoms with E-state index in [2.05, 4.69) is 26.3 Å². The highest BCUT2D eigenvalue weighted by Crippen LogP contribution is 2.37. The summed E-state index contributed by atoms with van der Waals surface area (Å²) in [7, 11) is 6.03. The van der Waals surface area contributed by atoms with Crippen molar-refractivity contribution in [3.05, 3.63) is 76.2 Å². The zero-order valence-electron chi connectivity index (χ0n) is 63.5. The minimum Gasteiger partial charge on any atom is -0.479 e. The summed E-state index contributed by atoms with van der Waals surface area (Å²) in [6.45, 7) is 12.9. The lowest BCUT2D eigenvalue weighted by Crippen LogP contribution is -2.61. The minimum absolute atomic E-state index is 0.0819. The molecule has 1 saturated carbocycles. The molecule has 9 amide bonds. The summed E-state index contributed by atoms with van der Waals surface area (Å²) in [5.74, 6) is -6.59. The number of aliphatic carboxylic acids is 1. The van der Waals surface area contributed by atoms with Gasteiger partial charge in [-0.3, -0.25) is 48.2 Å². The molecule has 1 aromatic heterocycles. The number of carboxylic acids is 1. The van der Waals surface area contributed by atoms with E-state index in [9.17, 15) is 68.4 Å². The van der Waals surface area contributed by atoms with E-state index in [0.29, 0.717) is 58.0 Å². The van der Waals surface area contributed by atoms with Gasteiger partial charge in [-0.2, -0.15) is 0 Å². The number of aromatic nitrogens is 1. The van der Waals surface area contributed by atoms with Crippen molar-refractivity contribution in [2.24, 2.45) is 35.5 Å². The van der Waals surface area contributed by atoms with Crippen LogP contribution in [-0.4, -0.2) is 219 Å². The Bertz CT molecular complexity index is 3380. The Balaban J connectivity index is 0.954. The van der Waals surface area contributed by atoms with E-state index in [0.717, 1.165) is 54.0 Å². The number of amides is 9. The number of likely N-dealkylation sites (N-methyl/N-ethyl adjacent to an activating group) is 2. The second kappa shape index (κ2) is 41.6. The van der Waals surface area contributed by atoms with Crippen molar-refractivity contribution in [3.8, 4) is 5.75 Å². The summed E-state index contributed by atoms with van der Waals surface area (Å²) in [6.07, 6.45) is 2.17. The van der Waals surface area contributed by atoms with Crippen LogP contribution in [0.3, 0.4) is 0 Å². The minimum atomic E-state index is -2.03. The van der Waals surface area contributed by atoms with Gasteiger partial charge in [0.2, 0.25) is 53.5 Å². The van der Waals surface area contributed by atoms with E-state index < -0.39 is 121 Å². The summed E-state index contributed by atoms with van der Waals surface area (Å²) >= 11 is 1.46. The number of anilines is 1.